The Morgan fingerprint density at radius 2 is 1.70 bits per heavy atom. The molecule has 0 aliphatic carbocycles. The van der Waals surface area contributed by atoms with Gasteiger partial charge in [0.25, 0.3) is 5.69 Å². The van der Waals surface area contributed by atoms with Crippen LogP contribution in [0.5, 0.6) is 0 Å². The number of nitrogens with two attached hydrogens (primary N) is 1. The van der Waals surface area contributed by atoms with E-state index in [1.807, 2.05) is 0 Å². The summed E-state index contributed by atoms with van der Waals surface area (Å²) in [4.78, 5) is 9.95. The monoisotopic (exact) mass is 301 g/mol. The number of sulfonamides is 1. The van der Waals surface area contributed by atoms with Crippen LogP contribution in [0.2, 0.25) is 0 Å². The van der Waals surface area contributed by atoms with Crippen LogP contribution in [0, 0.1) is 10.1 Å². The van der Waals surface area contributed by atoms with E-state index in [9.17, 15) is 18.5 Å². The van der Waals surface area contributed by atoms with Crippen LogP contribution in [0.4, 0.5) is 5.69 Å². The maximum atomic E-state index is 11.9. The molecule has 0 amide bonds. The van der Waals surface area contributed by atoms with E-state index in [2.05, 4.69) is 4.72 Å². The summed E-state index contributed by atoms with van der Waals surface area (Å²) in [6.45, 7) is 0.998. The van der Waals surface area contributed by atoms with E-state index in [1.165, 1.54) is 24.3 Å². The van der Waals surface area contributed by atoms with E-state index in [0.717, 1.165) is 25.7 Å². The Balaban J connectivity index is 2.49. The van der Waals surface area contributed by atoms with Crippen LogP contribution in [0.3, 0.4) is 0 Å². The maximum Gasteiger partial charge on any atom is 0.269 e. The first-order valence-electron chi connectivity index (χ1n) is 6.41. The quantitative estimate of drug-likeness (QED) is 0.406. The molecular weight excluding hydrogens is 282 g/mol. The van der Waals surface area contributed by atoms with Crippen LogP contribution in [0.15, 0.2) is 29.2 Å². The topological polar surface area (TPSA) is 115 Å². The van der Waals surface area contributed by atoms with Gasteiger partial charge in [0.05, 0.1) is 9.82 Å². The summed E-state index contributed by atoms with van der Waals surface area (Å²) < 4.78 is 26.3. The van der Waals surface area contributed by atoms with Crippen molar-refractivity contribution in [3.8, 4) is 0 Å². The van der Waals surface area contributed by atoms with Crippen molar-refractivity contribution >= 4 is 15.7 Å². The molecule has 0 aromatic heterocycles. The van der Waals surface area contributed by atoms with Gasteiger partial charge in [-0.25, -0.2) is 13.1 Å². The summed E-state index contributed by atoms with van der Waals surface area (Å²) in [5.74, 6) is 0. The Morgan fingerprint density at radius 3 is 2.25 bits per heavy atom. The summed E-state index contributed by atoms with van der Waals surface area (Å²) in [5.41, 5.74) is 5.23. The molecule has 0 radical (unpaired) electrons. The lowest BCUT2D eigenvalue weighted by Gasteiger charge is -2.06. The second-order valence-corrected chi connectivity index (χ2v) is 6.12. The van der Waals surface area contributed by atoms with Crippen LogP contribution in [0.1, 0.15) is 25.7 Å². The molecule has 8 heteroatoms. The minimum absolute atomic E-state index is 0.0325. The second-order valence-electron chi connectivity index (χ2n) is 4.35. The van der Waals surface area contributed by atoms with Crippen LogP contribution < -0.4 is 10.5 Å². The van der Waals surface area contributed by atoms with E-state index >= 15 is 0 Å². The number of nitro benzene ring substituents is 1. The van der Waals surface area contributed by atoms with Gasteiger partial charge in [-0.3, -0.25) is 10.1 Å². The minimum Gasteiger partial charge on any atom is -0.330 e. The first kappa shape index (κ1) is 16.5. The van der Waals surface area contributed by atoms with Crippen molar-refractivity contribution in [2.75, 3.05) is 13.1 Å². The number of nitrogens with zero attached hydrogens (tertiary/aromatic N) is 1. The fourth-order valence-corrected chi connectivity index (χ4v) is 2.73. The normalized spacial score (nSPS) is 11.4. The molecule has 1 rings (SSSR count). The van der Waals surface area contributed by atoms with Gasteiger partial charge in [0.1, 0.15) is 0 Å². The van der Waals surface area contributed by atoms with Gasteiger partial charge in [0.2, 0.25) is 10.0 Å². The number of benzene rings is 1. The number of non-ortho nitro benzene ring substituents is 1. The lowest BCUT2D eigenvalue weighted by Crippen LogP contribution is -2.24. The van der Waals surface area contributed by atoms with Crippen LogP contribution >= 0.6 is 0 Å². The SMILES string of the molecule is NCCCCCCNS(=O)(=O)c1ccc([N+](=O)[O-])cc1. The van der Waals surface area contributed by atoms with Crippen molar-refractivity contribution in [2.45, 2.75) is 30.6 Å². The lowest BCUT2D eigenvalue weighted by atomic mass is 10.2. The van der Waals surface area contributed by atoms with Gasteiger partial charge < -0.3 is 5.73 Å². The summed E-state index contributed by atoms with van der Waals surface area (Å²) >= 11 is 0. The van der Waals surface area contributed by atoms with Gasteiger partial charge in [-0.15, -0.1) is 0 Å². The minimum atomic E-state index is -3.59. The van der Waals surface area contributed by atoms with E-state index in [0.29, 0.717) is 13.1 Å². The highest BCUT2D eigenvalue weighted by molar-refractivity contribution is 7.89. The van der Waals surface area contributed by atoms with Crippen molar-refractivity contribution in [3.05, 3.63) is 34.4 Å². The number of rotatable bonds is 9. The largest absolute Gasteiger partial charge is 0.330 e. The van der Waals surface area contributed by atoms with Gasteiger partial charge in [-0.2, -0.15) is 0 Å². The van der Waals surface area contributed by atoms with Gasteiger partial charge in [0.15, 0.2) is 0 Å². The molecular formula is C12H19N3O4S. The highest BCUT2D eigenvalue weighted by Gasteiger charge is 2.14. The summed E-state index contributed by atoms with van der Waals surface area (Å²) in [7, 11) is -3.59. The molecule has 0 heterocycles. The van der Waals surface area contributed by atoms with Gasteiger partial charge in [-0.05, 0) is 31.5 Å². The van der Waals surface area contributed by atoms with E-state index < -0.39 is 14.9 Å². The third-order valence-corrected chi connectivity index (χ3v) is 4.26. The molecule has 0 saturated heterocycles. The van der Waals surface area contributed by atoms with Crippen molar-refractivity contribution < 1.29 is 13.3 Å². The molecule has 20 heavy (non-hydrogen) atoms. The molecule has 0 bridgehead atoms. The number of nitrogens with one attached hydrogen (secondary N) is 1. The molecule has 0 spiro atoms. The highest BCUT2D eigenvalue weighted by atomic mass is 32.2. The Hall–Kier alpha value is -1.51. The van der Waals surface area contributed by atoms with Crippen molar-refractivity contribution in [3.63, 3.8) is 0 Å². The fourth-order valence-electron chi connectivity index (χ4n) is 1.66. The maximum absolute atomic E-state index is 11.9. The van der Waals surface area contributed by atoms with Crippen molar-refractivity contribution in [1.29, 1.82) is 0 Å². The molecule has 0 aliphatic rings. The first-order valence-corrected chi connectivity index (χ1v) is 7.90. The van der Waals surface area contributed by atoms with Crippen LogP contribution in [-0.4, -0.2) is 26.4 Å². The molecule has 3 N–H and O–H groups in total. The molecule has 0 saturated carbocycles. The third kappa shape index (κ3) is 5.24. The molecule has 7 nitrogen and oxygen atoms in total. The summed E-state index contributed by atoms with van der Waals surface area (Å²) in [6, 6.07) is 4.81. The Labute approximate surface area is 118 Å². The average molecular weight is 301 g/mol. The molecule has 0 fully saturated rings. The zero-order valence-electron chi connectivity index (χ0n) is 11.1. The number of hydrogen-bond acceptors (Lipinski definition) is 5. The van der Waals surface area contributed by atoms with Gasteiger partial charge in [0, 0.05) is 18.7 Å². The predicted octanol–water partition coefficient (Wildman–Crippen LogP) is 1.39. The predicted molar refractivity (Wildman–Crippen MR) is 75.8 cm³/mol. The molecule has 1 aromatic rings. The van der Waals surface area contributed by atoms with Crippen LogP contribution in [-0.2, 0) is 10.0 Å². The number of nitro groups is 1. The van der Waals surface area contributed by atoms with E-state index in [-0.39, 0.29) is 10.6 Å². The fraction of sp³-hybridized carbons (Fsp3) is 0.500. The van der Waals surface area contributed by atoms with Crippen LogP contribution in [0.25, 0.3) is 0 Å². The molecule has 1 aromatic carbocycles. The molecule has 0 aliphatic heterocycles. The summed E-state index contributed by atoms with van der Waals surface area (Å²) in [5, 5.41) is 10.5. The number of unbranched alkanes of at least 4 members (excludes halogenated alkanes) is 3. The lowest BCUT2D eigenvalue weighted by molar-refractivity contribution is -0.384. The Bertz CT molecular complexity index is 528. The van der Waals surface area contributed by atoms with E-state index in [1.54, 1.807) is 0 Å². The van der Waals surface area contributed by atoms with Crippen molar-refractivity contribution in [1.82, 2.24) is 4.72 Å². The van der Waals surface area contributed by atoms with Gasteiger partial charge >= 0.3 is 0 Å². The first-order chi connectivity index (χ1) is 9.47. The van der Waals surface area contributed by atoms with Gasteiger partial charge in [-0.1, -0.05) is 12.8 Å². The summed E-state index contributed by atoms with van der Waals surface area (Å²) in [6.07, 6.45) is 3.58. The average Bonchev–Trinajstić information content (AvgIpc) is 2.43. The number of hydrogen-bond donors (Lipinski definition) is 2. The van der Waals surface area contributed by atoms with E-state index in [4.69, 9.17) is 5.73 Å². The molecule has 112 valence electrons. The smallest absolute Gasteiger partial charge is 0.269 e. The molecule has 0 unspecified atom stereocenters. The third-order valence-electron chi connectivity index (χ3n) is 2.78. The van der Waals surface area contributed by atoms with Crippen molar-refractivity contribution in [2.24, 2.45) is 5.73 Å². The highest BCUT2D eigenvalue weighted by Crippen LogP contribution is 2.15. The zero-order chi connectivity index (χ0) is 15.0. The Kier molecular flexibility index (Phi) is 6.56. The standard InChI is InChI=1S/C12H19N3O4S/c13-9-3-1-2-4-10-14-20(18,19)12-7-5-11(6-8-12)15(16)17/h5-8,14H,1-4,9-10,13H2. The Morgan fingerprint density at radius 1 is 1.10 bits per heavy atom. The molecule has 0 atom stereocenters. The zero-order valence-corrected chi connectivity index (χ0v) is 11.9. The second kappa shape index (κ2) is 7.93.